The van der Waals surface area contributed by atoms with E-state index in [2.05, 4.69) is 0 Å². The second-order valence-corrected chi connectivity index (χ2v) is 3.72. The fraction of sp³-hybridized carbons (Fsp3) is 0.200. The number of carbonyl (C=O) groups is 2. The topological polar surface area (TPSA) is 46.2 Å². The summed E-state index contributed by atoms with van der Waals surface area (Å²) in [6.45, 7) is 0. The number of rotatable bonds is 0. The zero-order valence-electron chi connectivity index (χ0n) is 8.74. The molecule has 1 N–H and O–H groups in total. The molecule has 0 fully saturated rings. The molecule has 1 aliphatic rings. The Balaban J connectivity index is 2.78. The highest BCUT2D eigenvalue weighted by Gasteiger charge is 2.45. The first-order valence-electron chi connectivity index (χ1n) is 4.70. The summed E-state index contributed by atoms with van der Waals surface area (Å²) in [5.41, 5.74) is -5.43. The SMILES string of the molecule is O=C1NC(=O)c2cc(C(F)(F)F)c(C(F)(F)F)cc21. The van der Waals surface area contributed by atoms with Crippen molar-refractivity contribution in [2.75, 3.05) is 0 Å². The molecule has 0 saturated carbocycles. The Morgan fingerprint density at radius 3 is 1.32 bits per heavy atom. The summed E-state index contributed by atoms with van der Waals surface area (Å²) in [6, 6.07) is 0.0801. The lowest BCUT2D eigenvalue weighted by Crippen LogP contribution is -2.19. The maximum Gasteiger partial charge on any atom is 0.417 e. The van der Waals surface area contributed by atoms with Crippen molar-refractivity contribution in [2.24, 2.45) is 0 Å². The summed E-state index contributed by atoms with van der Waals surface area (Å²) in [7, 11) is 0. The first-order chi connectivity index (χ1) is 8.51. The van der Waals surface area contributed by atoms with E-state index in [9.17, 15) is 35.9 Å². The highest BCUT2D eigenvalue weighted by molar-refractivity contribution is 6.21. The summed E-state index contributed by atoms with van der Waals surface area (Å²) in [4.78, 5) is 22.3. The number of amides is 2. The average molecular weight is 283 g/mol. The standard InChI is InChI=1S/C10H3F6NO2/c11-9(12,13)5-1-3-4(8(19)17-7(3)18)2-6(5)10(14,15)16/h1-2H,(H,17,18,19). The van der Waals surface area contributed by atoms with Crippen molar-refractivity contribution in [3.8, 4) is 0 Å². The summed E-state index contributed by atoms with van der Waals surface area (Å²) in [5, 5.41) is 1.63. The lowest BCUT2D eigenvalue weighted by molar-refractivity contribution is -0.162. The predicted octanol–water partition coefficient (Wildman–Crippen LogP) is 2.61. The molecule has 9 heteroatoms. The van der Waals surface area contributed by atoms with Gasteiger partial charge in [0, 0.05) is 0 Å². The van der Waals surface area contributed by atoms with Gasteiger partial charge < -0.3 is 0 Å². The van der Waals surface area contributed by atoms with Gasteiger partial charge in [-0.3, -0.25) is 14.9 Å². The summed E-state index contributed by atoms with van der Waals surface area (Å²) < 4.78 is 75.3. The molecule has 0 aliphatic carbocycles. The molecule has 0 aromatic heterocycles. The number of benzene rings is 1. The molecule has 102 valence electrons. The van der Waals surface area contributed by atoms with E-state index >= 15 is 0 Å². The van der Waals surface area contributed by atoms with Crippen LogP contribution >= 0.6 is 0 Å². The van der Waals surface area contributed by atoms with E-state index in [-0.39, 0.29) is 12.1 Å². The van der Waals surface area contributed by atoms with Crippen molar-refractivity contribution in [1.29, 1.82) is 0 Å². The molecule has 0 bridgehead atoms. The van der Waals surface area contributed by atoms with Crippen LogP contribution in [0.3, 0.4) is 0 Å². The Hall–Kier alpha value is -2.06. The second-order valence-electron chi connectivity index (χ2n) is 3.72. The Kier molecular flexibility index (Phi) is 2.62. The number of hydrogen-bond donors (Lipinski definition) is 1. The van der Waals surface area contributed by atoms with Crippen molar-refractivity contribution < 1.29 is 35.9 Å². The van der Waals surface area contributed by atoms with Crippen LogP contribution in [0.2, 0.25) is 0 Å². The lowest BCUT2D eigenvalue weighted by Gasteiger charge is -2.16. The molecule has 1 heterocycles. The van der Waals surface area contributed by atoms with Gasteiger partial charge in [-0.1, -0.05) is 0 Å². The zero-order valence-corrected chi connectivity index (χ0v) is 8.74. The van der Waals surface area contributed by atoms with Crippen LogP contribution in [-0.4, -0.2) is 11.8 Å². The number of halogens is 6. The van der Waals surface area contributed by atoms with Gasteiger partial charge in [0.2, 0.25) is 0 Å². The zero-order chi connectivity index (χ0) is 14.6. The smallest absolute Gasteiger partial charge is 0.288 e. The van der Waals surface area contributed by atoms with Gasteiger partial charge in [0.05, 0.1) is 22.3 Å². The molecule has 2 rings (SSSR count). The number of carbonyl (C=O) groups excluding carboxylic acids is 2. The molecule has 0 atom stereocenters. The molecule has 0 spiro atoms. The van der Waals surface area contributed by atoms with Crippen LogP contribution in [0, 0.1) is 0 Å². The summed E-state index contributed by atoms with van der Waals surface area (Å²) in [6.07, 6.45) is -10.6. The van der Waals surface area contributed by atoms with Crippen LogP contribution in [0.15, 0.2) is 12.1 Å². The molecule has 2 amide bonds. The molecule has 1 aromatic carbocycles. The van der Waals surface area contributed by atoms with E-state index in [4.69, 9.17) is 0 Å². The Labute approximate surface area is 101 Å². The molecule has 1 aromatic rings. The van der Waals surface area contributed by atoms with Gasteiger partial charge >= 0.3 is 12.4 Å². The molecule has 1 aliphatic heterocycles. The molecular formula is C10H3F6NO2. The lowest BCUT2D eigenvalue weighted by atomic mass is 9.98. The number of fused-ring (bicyclic) bond motifs is 1. The third kappa shape index (κ3) is 2.15. The number of imide groups is 1. The third-order valence-electron chi connectivity index (χ3n) is 2.48. The van der Waals surface area contributed by atoms with Crippen molar-refractivity contribution >= 4 is 11.8 Å². The van der Waals surface area contributed by atoms with Gasteiger partial charge in [0.25, 0.3) is 11.8 Å². The highest BCUT2D eigenvalue weighted by atomic mass is 19.4. The fourth-order valence-electron chi connectivity index (χ4n) is 1.68. The van der Waals surface area contributed by atoms with Crippen LogP contribution in [-0.2, 0) is 12.4 Å². The monoisotopic (exact) mass is 283 g/mol. The van der Waals surface area contributed by atoms with Crippen LogP contribution in [0.4, 0.5) is 26.3 Å². The minimum atomic E-state index is -5.29. The van der Waals surface area contributed by atoms with E-state index in [1.54, 1.807) is 5.32 Å². The Morgan fingerprint density at radius 1 is 0.737 bits per heavy atom. The number of alkyl halides is 6. The van der Waals surface area contributed by atoms with Crippen molar-refractivity contribution in [3.63, 3.8) is 0 Å². The van der Waals surface area contributed by atoms with E-state index in [1.165, 1.54) is 0 Å². The second kappa shape index (κ2) is 3.72. The first kappa shape index (κ1) is 13.4. The van der Waals surface area contributed by atoms with Crippen molar-refractivity contribution in [2.45, 2.75) is 12.4 Å². The minimum Gasteiger partial charge on any atom is -0.288 e. The fourth-order valence-corrected chi connectivity index (χ4v) is 1.68. The average Bonchev–Trinajstić information content (AvgIpc) is 2.50. The third-order valence-corrected chi connectivity index (χ3v) is 2.48. The van der Waals surface area contributed by atoms with Crippen molar-refractivity contribution in [3.05, 3.63) is 34.4 Å². The van der Waals surface area contributed by atoms with Crippen LogP contribution in [0.5, 0.6) is 0 Å². The van der Waals surface area contributed by atoms with Gasteiger partial charge in [-0.2, -0.15) is 26.3 Å². The van der Waals surface area contributed by atoms with Crippen molar-refractivity contribution in [1.82, 2.24) is 5.32 Å². The van der Waals surface area contributed by atoms with Gasteiger partial charge in [0.1, 0.15) is 0 Å². The maximum atomic E-state index is 12.6. The summed E-state index contributed by atoms with van der Waals surface area (Å²) >= 11 is 0. The molecule has 19 heavy (non-hydrogen) atoms. The van der Waals surface area contributed by atoms with E-state index in [0.29, 0.717) is 0 Å². The van der Waals surface area contributed by atoms with E-state index in [1.807, 2.05) is 0 Å². The molecule has 0 unspecified atom stereocenters. The maximum absolute atomic E-state index is 12.6. The molecular weight excluding hydrogens is 280 g/mol. The highest BCUT2D eigenvalue weighted by Crippen LogP contribution is 2.42. The summed E-state index contributed by atoms with van der Waals surface area (Å²) in [5.74, 6) is -2.31. The van der Waals surface area contributed by atoms with Gasteiger partial charge in [-0.25, -0.2) is 0 Å². The predicted molar refractivity (Wildman–Crippen MR) is 48.2 cm³/mol. The van der Waals surface area contributed by atoms with Gasteiger partial charge in [0.15, 0.2) is 0 Å². The van der Waals surface area contributed by atoms with Crippen LogP contribution < -0.4 is 5.32 Å². The minimum absolute atomic E-state index is 0.0401. The van der Waals surface area contributed by atoms with Crippen LogP contribution in [0.25, 0.3) is 0 Å². The molecule has 3 nitrogen and oxygen atoms in total. The van der Waals surface area contributed by atoms with Crippen LogP contribution in [0.1, 0.15) is 31.8 Å². The van der Waals surface area contributed by atoms with E-state index in [0.717, 1.165) is 0 Å². The first-order valence-corrected chi connectivity index (χ1v) is 4.70. The molecule has 0 saturated heterocycles. The van der Waals surface area contributed by atoms with Gasteiger partial charge in [-0.05, 0) is 12.1 Å². The Morgan fingerprint density at radius 2 is 1.05 bits per heavy atom. The Bertz CT molecular complexity index is 536. The number of hydrogen-bond acceptors (Lipinski definition) is 2. The molecule has 0 radical (unpaired) electrons. The van der Waals surface area contributed by atoms with E-state index < -0.39 is 46.4 Å². The quantitative estimate of drug-likeness (QED) is 0.587. The normalized spacial score (nSPS) is 15.5. The number of nitrogens with one attached hydrogen (secondary N) is 1. The van der Waals surface area contributed by atoms with Gasteiger partial charge in [-0.15, -0.1) is 0 Å². The largest absolute Gasteiger partial charge is 0.417 e.